The number of amides is 1. The van der Waals surface area contributed by atoms with Crippen LogP contribution in [0.4, 0.5) is 10.8 Å². The average Bonchev–Trinajstić information content (AvgIpc) is 3.53. The van der Waals surface area contributed by atoms with Gasteiger partial charge in [-0.3, -0.25) is 14.5 Å². The minimum absolute atomic E-state index is 0.188. The third-order valence-corrected chi connectivity index (χ3v) is 6.95. The summed E-state index contributed by atoms with van der Waals surface area (Å²) in [5, 5.41) is 11.5. The Bertz CT molecular complexity index is 1350. The van der Waals surface area contributed by atoms with Crippen LogP contribution in [0.2, 0.25) is 0 Å². The molecule has 0 aliphatic carbocycles. The van der Waals surface area contributed by atoms with Gasteiger partial charge >= 0.3 is 0 Å². The topological polar surface area (TPSA) is 112 Å². The molecule has 4 rings (SSSR count). The number of aryl methyl sites for hydroxylation is 1. The monoisotopic (exact) mass is 498 g/mol. The van der Waals surface area contributed by atoms with Crippen molar-refractivity contribution in [3.8, 4) is 5.75 Å². The fourth-order valence-corrected chi connectivity index (χ4v) is 5.17. The lowest BCUT2D eigenvalue weighted by Gasteiger charge is -2.15. The summed E-state index contributed by atoms with van der Waals surface area (Å²) < 4.78 is 6.98. The number of rotatable bonds is 8. The molecule has 0 unspecified atom stereocenters. The van der Waals surface area contributed by atoms with E-state index in [1.54, 1.807) is 12.3 Å². The van der Waals surface area contributed by atoms with Crippen LogP contribution < -0.4 is 24.8 Å². The molecule has 0 radical (unpaired) electrons. The van der Waals surface area contributed by atoms with E-state index in [-0.39, 0.29) is 11.5 Å². The first-order valence-electron chi connectivity index (χ1n) is 11.0. The second-order valence-corrected chi connectivity index (χ2v) is 10.0. The van der Waals surface area contributed by atoms with E-state index in [4.69, 9.17) is 4.74 Å². The predicted molar refractivity (Wildman–Crippen MR) is 136 cm³/mol. The molecule has 9 nitrogen and oxygen atoms in total. The van der Waals surface area contributed by atoms with E-state index in [9.17, 15) is 9.59 Å². The third-order valence-electron chi connectivity index (χ3n) is 5.14. The Balaban J connectivity index is 1.39. The summed E-state index contributed by atoms with van der Waals surface area (Å²) in [6, 6.07) is 5.74. The van der Waals surface area contributed by atoms with Gasteiger partial charge in [0.1, 0.15) is 17.0 Å². The maximum Gasteiger partial charge on any atom is 0.266 e. The smallest absolute Gasteiger partial charge is 0.266 e. The molecule has 0 atom stereocenters. The molecular formula is C23H26N6O3S2. The van der Waals surface area contributed by atoms with Crippen LogP contribution in [0.25, 0.3) is 12.3 Å². The number of likely N-dealkylation sites (tertiary alicyclic amines) is 1. The van der Waals surface area contributed by atoms with Gasteiger partial charge in [0.2, 0.25) is 5.91 Å². The fourth-order valence-electron chi connectivity index (χ4n) is 3.48. The van der Waals surface area contributed by atoms with E-state index in [0.717, 1.165) is 41.5 Å². The van der Waals surface area contributed by atoms with Crippen molar-refractivity contribution in [2.75, 3.05) is 31.6 Å². The molecule has 2 aromatic heterocycles. The van der Waals surface area contributed by atoms with Crippen molar-refractivity contribution in [2.45, 2.75) is 26.7 Å². The molecule has 1 aliphatic rings. The van der Waals surface area contributed by atoms with Gasteiger partial charge in [0, 0.05) is 19.7 Å². The van der Waals surface area contributed by atoms with Crippen molar-refractivity contribution in [1.29, 1.82) is 0 Å². The number of azo groups is 1. The van der Waals surface area contributed by atoms with Crippen LogP contribution in [-0.2, 0) is 4.79 Å². The molecule has 1 aromatic carbocycles. The number of aromatic amines is 1. The molecule has 0 bridgehead atoms. The predicted octanol–water partition coefficient (Wildman–Crippen LogP) is 2.99. The van der Waals surface area contributed by atoms with Crippen LogP contribution in [0, 0.1) is 6.92 Å². The van der Waals surface area contributed by atoms with Gasteiger partial charge < -0.3 is 15.0 Å². The van der Waals surface area contributed by atoms with Crippen molar-refractivity contribution >= 4 is 51.7 Å². The summed E-state index contributed by atoms with van der Waals surface area (Å²) in [5.74, 6) is 0.638. The van der Waals surface area contributed by atoms with Gasteiger partial charge in [-0.05, 0) is 62.7 Å². The standard InChI is InChI=1S/C23H26N6O3S2/c1-15-11-17(32-10-9-29-7-3-4-8-29)5-6-19(15)28-25-14-21-27-22(31)20(34-21)12-18-13-24-23(33-18)26-16(2)30/h5-6,11-14H,3-4,7-10H2,1-2H3,(H,27,31)(H,24,26,30)/b20-12-,21-14-,28-25?. The summed E-state index contributed by atoms with van der Waals surface area (Å²) >= 11 is 2.57. The molecule has 3 aromatic rings. The van der Waals surface area contributed by atoms with Crippen molar-refractivity contribution in [1.82, 2.24) is 14.9 Å². The van der Waals surface area contributed by atoms with Crippen LogP contribution in [0.5, 0.6) is 5.75 Å². The number of H-pyrrole nitrogens is 1. The van der Waals surface area contributed by atoms with E-state index < -0.39 is 0 Å². The number of nitrogens with one attached hydrogen (secondary N) is 2. The Morgan fingerprint density at radius 3 is 2.91 bits per heavy atom. The highest BCUT2D eigenvalue weighted by Gasteiger charge is 2.11. The highest BCUT2D eigenvalue weighted by molar-refractivity contribution is 7.16. The van der Waals surface area contributed by atoms with E-state index in [0.29, 0.717) is 20.9 Å². The van der Waals surface area contributed by atoms with Gasteiger partial charge in [-0.2, -0.15) is 10.2 Å². The van der Waals surface area contributed by atoms with Crippen LogP contribution in [0.3, 0.4) is 0 Å². The average molecular weight is 499 g/mol. The quantitative estimate of drug-likeness (QED) is 0.464. The zero-order valence-corrected chi connectivity index (χ0v) is 20.7. The number of anilines is 1. The molecule has 1 aliphatic heterocycles. The zero-order valence-electron chi connectivity index (χ0n) is 19.0. The minimum Gasteiger partial charge on any atom is -0.492 e. The second-order valence-electron chi connectivity index (χ2n) is 7.87. The van der Waals surface area contributed by atoms with E-state index >= 15 is 0 Å². The summed E-state index contributed by atoms with van der Waals surface area (Å²) in [6.07, 6.45) is 7.43. The Morgan fingerprint density at radius 1 is 1.32 bits per heavy atom. The molecule has 0 saturated carbocycles. The lowest BCUT2D eigenvalue weighted by Crippen LogP contribution is -2.25. The first-order chi connectivity index (χ1) is 16.5. The maximum absolute atomic E-state index is 12.3. The van der Waals surface area contributed by atoms with Crippen molar-refractivity contribution in [3.05, 3.63) is 54.4 Å². The summed E-state index contributed by atoms with van der Waals surface area (Å²) in [5.41, 5.74) is 1.49. The SMILES string of the molecule is CC(=O)Nc1ncc(/C=c2\s/c(=C\N=Nc3ccc(OCCN4CCCC4)cc3C)[nH]c2=O)s1. The minimum atomic E-state index is -0.215. The second kappa shape index (κ2) is 11.3. The largest absolute Gasteiger partial charge is 0.492 e. The van der Waals surface area contributed by atoms with Crippen LogP contribution in [0.1, 0.15) is 30.2 Å². The van der Waals surface area contributed by atoms with E-state index in [1.165, 1.54) is 48.6 Å². The zero-order chi connectivity index (χ0) is 23.9. The Kier molecular flexibility index (Phi) is 7.99. The highest BCUT2D eigenvalue weighted by atomic mass is 32.1. The molecule has 11 heteroatoms. The number of hydrogen-bond acceptors (Lipinski definition) is 9. The van der Waals surface area contributed by atoms with Gasteiger partial charge in [0.15, 0.2) is 5.13 Å². The number of benzene rings is 1. The Labute approximate surface area is 204 Å². The molecule has 178 valence electrons. The molecule has 1 fully saturated rings. The number of hydrogen-bond donors (Lipinski definition) is 2. The highest BCUT2D eigenvalue weighted by Crippen LogP contribution is 2.24. The molecule has 1 amide bonds. The van der Waals surface area contributed by atoms with Crippen LogP contribution in [-0.4, -0.2) is 47.0 Å². The normalized spacial score (nSPS) is 15.5. The molecular weight excluding hydrogens is 472 g/mol. The van der Waals surface area contributed by atoms with Crippen LogP contribution >= 0.6 is 22.7 Å². The summed E-state index contributed by atoms with van der Waals surface area (Å²) in [7, 11) is 0. The number of carbonyl (C=O) groups is 1. The van der Waals surface area contributed by atoms with Crippen molar-refractivity contribution in [3.63, 3.8) is 0 Å². The van der Waals surface area contributed by atoms with Crippen molar-refractivity contribution in [2.24, 2.45) is 10.2 Å². The molecule has 3 heterocycles. The van der Waals surface area contributed by atoms with Gasteiger partial charge in [0.25, 0.3) is 5.56 Å². The van der Waals surface area contributed by atoms with Gasteiger partial charge in [-0.1, -0.05) is 11.3 Å². The van der Waals surface area contributed by atoms with E-state index in [2.05, 4.69) is 30.4 Å². The third kappa shape index (κ3) is 6.69. The number of thiazole rings is 2. The number of ether oxygens (including phenoxy) is 1. The Hall–Kier alpha value is -3.15. The molecule has 0 spiro atoms. The summed E-state index contributed by atoms with van der Waals surface area (Å²) in [4.78, 5) is 33.5. The first kappa shape index (κ1) is 24.0. The van der Waals surface area contributed by atoms with Gasteiger partial charge in [0.05, 0.1) is 21.3 Å². The summed E-state index contributed by atoms with van der Waals surface area (Å²) in [6.45, 7) is 7.34. The Morgan fingerprint density at radius 2 is 2.15 bits per heavy atom. The van der Waals surface area contributed by atoms with Crippen molar-refractivity contribution < 1.29 is 9.53 Å². The number of nitrogens with zero attached hydrogens (tertiary/aromatic N) is 4. The number of aromatic nitrogens is 2. The first-order valence-corrected chi connectivity index (χ1v) is 12.6. The van der Waals surface area contributed by atoms with Crippen LogP contribution in [0.15, 0.2) is 39.4 Å². The lowest BCUT2D eigenvalue weighted by molar-refractivity contribution is -0.114. The maximum atomic E-state index is 12.3. The molecule has 2 N–H and O–H groups in total. The van der Waals surface area contributed by atoms with Gasteiger partial charge in [-0.15, -0.1) is 11.3 Å². The van der Waals surface area contributed by atoms with E-state index in [1.807, 2.05) is 25.1 Å². The lowest BCUT2D eigenvalue weighted by atomic mass is 10.2. The number of carbonyl (C=O) groups excluding carboxylic acids is 1. The fraction of sp³-hybridized carbons (Fsp3) is 0.348. The molecule has 34 heavy (non-hydrogen) atoms. The van der Waals surface area contributed by atoms with Gasteiger partial charge in [-0.25, -0.2) is 4.98 Å². The molecule has 1 saturated heterocycles.